The van der Waals surface area contributed by atoms with Gasteiger partial charge in [-0.1, -0.05) is 18.2 Å². The molecule has 1 aromatic rings. The van der Waals surface area contributed by atoms with Gasteiger partial charge >= 0.3 is 0 Å². The lowest BCUT2D eigenvalue weighted by atomic mass is 10.0. The third kappa shape index (κ3) is 8.57. The molecule has 104 valence electrons. The molecule has 0 aliphatic rings. The Balaban J connectivity index is 0.000000711. The Kier molecular flexibility index (Phi) is 7.88. The number of hydrogen-bond acceptors (Lipinski definition) is 4. The highest BCUT2D eigenvalue weighted by Gasteiger charge is 2.12. The maximum absolute atomic E-state index is 11.4. The Morgan fingerprint density at radius 1 is 1.37 bits per heavy atom. The van der Waals surface area contributed by atoms with Crippen molar-refractivity contribution in [1.82, 2.24) is 0 Å². The average Bonchev–Trinajstić information content (AvgIpc) is 2.31. The Hall–Kier alpha value is -2.14. The first-order valence-corrected chi connectivity index (χ1v) is 5.73. The molecule has 1 rings (SSSR count). The number of carboxylic acids is 1. The zero-order chi connectivity index (χ0) is 14.8. The number of carbonyl (C=O) groups excluding carboxylic acids is 1. The van der Waals surface area contributed by atoms with E-state index in [1.807, 2.05) is 0 Å². The number of rotatable bonds is 5. The molecule has 0 saturated carbocycles. The van der Waals surface area contributed by atoms with E-state index in [-0.39, 0.29) is 11.5 Å². The molecule has 1 aromatic carbocycles. The van der Waals surface area contributed by atoms with Crippen LogP contribution in [-0.2, 0) is 16.0 Å². The minimum atomic E-state index is -0.833. The molecule has 5 nitrogen and oxygen atoms in total. The van der Waals surface area contributed by atoms with Gasteiger partial charge in [-0.05, 0) is 24.1 Å². The summed E-state index contributed by atoms with van der Waals surface area (Å²) in [5, 5.41) is 16.5. The molecule has 0 aliphatic carbocycles. The van der Waals surface area contributed by atoms with Crippen LogP contribution in [0, 0.1) is 0 Å². The predicted octanol–water partition coefficient (Wildman–Crippen LogP) is 1.50. The van der Waals surface area contributed by atoms with Gasteiger partial charge < -0.3 is 15.9 Å². The topological polar surface area (TPSA) is 101 Å². The number of benzene rings is 1. The molecule has 1 atom stereocenters. The maximum Gasteiger partial charge on any atom is 0.300 e. The molecular weight excluding hydrogens is 246 g/mol. The van der Waals surface area contributed by atoms with E-state index < -0.39 is 12.0 Å². The highest BCUT2D eigenvalue weighted by Crippen LogP contribution is 2.11. The SMILES string of the molecule is C=CCC(=O)[C@@H](N)Cc1ccc(O)cc1.CC(=O)O. The number of nitrogens with two attached hydrogens (primary N) is 1. The van der Waals surface area contributed by atoms with Crippen molar-refractivity contribution >= 4 is 11.8 Å². The Morgan fingerprint density at radius 3 is 2.26 bits per heavy atom. The zero-order valence-electron chi connectivity index (χ0n) is 10.9. The number of phenolic OH excluding ortho intramolecular Hbond substituents is 1. The lowest BCUT2D eigenvalue weighted by Crippen LogP contribution is -2.32. The summed E-state index contributed by atoms with van der Waals surface area (Å²) in [7, 11) is 0. The number of carbonyl (C=O) groups is 2. The number of ketones is 1. The van der Waals surface area contributed by atoms with Gasteiger partial charge in [-0.2, -0.15) is 0 Å². The van der Waals surface area contributed by atoms with Crippen LogP contribution in [0.4, 0.5) is 0 Å². The lowest BCUT2D eigenvalue weighted by Gasteiger charge is -2.09. The maximum atomic E-state index is 11.4. The van der Waals surface area contributed by atoms with Gasteiger partial charge in [-0.25, -0.2) is 0 Å². The van der Waals surface area contributed by atoms with Crippen LogP contribution in [0.25, 0.3) is 0 Å². The van der Waals surface area contributed by atoms with Crippen LogP contribution in [0.1, 0.15) is 18.9 Å². The van der Waals surface area contributed by atoms with E-state index in [4.69, 9.17) is 20.7 Å². The molecule has 0 aromatic heterocycles. The highest BCUT2D eigenvalue weighted by atomic mass is 16.4. The molecule has 19 heavy (non-hydrogen) atoms. The molecule has 0 fully saturated rings. The summed E-state index contributed by atoms with van der Waals surface area (Å²) < 4.78 is 0. The van der Waals surface area contributed by atoms with Crippen molar-refractivity contribution in [3.63, 3.8) is 0 Å². The van der Waals surface area contributed by atoms with Crippen LogP contribution >= 0.6 is 0 Å². The van der Waals surface area contributed by atoms with E-state index in [0.717, 1.165) is 12.5 Å². The Labute approximate surface area is 112 Å². The Bertz CT molecular complexity index is 422. The number of aromatic hydroxyl groups is 1. The van der Waals surface area contributed by atoms with Gasteiger partial charge in [0.2, 0.25) is 0 Å². The van der Waals surface area contributed by atoms with Crippen LogP contribution in [-0.4, -0.2) is 28.0 Å². The van der Waals surface area contributed by atoms with Crippen molar-refractivity contribution in [2.45, 2.75) is 25.8 Å². The van der Waals surface area contributed by atoms with E-state index in [0.29, 0.717) is 12.8 Å². The Morgan fingerprint density at radius 2 is 1.84 bits per heavy atom. The van der Waals surface area contributed by atoms with Crippen LogP contribution in [0.2, 0.25) is 0 Å². The summed E-state index contributed by atoms with van der Waals surface area (Å²) in [5.74, 6) is -0.636. The highest BCUT2D eigenvalue weighted by molar-refractivity contribution is 5.85. The van der Waals surface area contributed by atoms with Crippen LogP contribution in [0.3, 0.4) is 0 Å². The van der Waals surface area contributed by atoms with Crippen molar-refractivity contribution in [3.05, 3.63) is 42.5 Å². The van der Waals surface area contributed by atoms with Gasteiger partial charge in [0, 0.05) is 13.3 Å². The van der Waals surface area contributed by atoms with Gasteiger partial charge in [0.05, 0.1) is 6.04 Å². The standard InChI is InChI=1S/C12H15NO2.C2H4O2/c1-2-3-12(15)11(13)8-9-4-6-10(14)7-5-9;1-2(3)4/h2,4-7,11,14H,1,3,8,13H2;1H3,(H,3,4)/t11-;/m0./s1. The summed E-state index contributed by atoms with van der Waals surface area (Å²) in [6.45, 7) is 4.58. The third-order valence-corrected chi connectivity index (χ3v) is 2.15. The molecule has 0 heterocycles. The van der Waals surface area contributed by atoms with Gasteiger partial charge in [0.25, 0.3) is 5.97 Å². The zero-order valence-corrected chi connectivity index (χ0v) is 10.9. The first-order chi connectivity index (χ1) is 8.86. The third-order valence-electron chi connectivity index (χ3n) is 2.15. The fourth-order valence-corrected chi connectivity index (χ4v) is 1.29. The van der Waals surface area contributed by atoms with Gasteiger partial charge in [0.15, 0.2) is 5.78 Å². The molecule has 0 unspecified atom stereocenters. The van der Waals surface area contributed by atoms with E-state index >= 15 is 0 Å². The molecule has 0 saturated heterocycles. The summed E-state index contributed by atoms with van der Waals surface area (Å²) in [6.07, 6.45) is 2.35. The monoisotopic (exact) mass is 265 g/mol. The lowest BCUT2D eigenvalue weighted by molar-refractivity contribution is -0.134. The number of aliphatic carboxylic acids is 1. The second-order valence-electron chi connectivity index (χ2n) is 3.96. The van der Waals surface area contributed by atoms with Crippen LogP contribution in [0.15, 0.2) is 36.9 Å². The molecule has 0 bridgehead atoms. The van der Waals surface area contributed by atoms with E-state index in [2.05, 4.69) is 6.58 Å². The minimum Gasteiger partial charge on any atom is -0.508 e. The number of allylic oxidation sites excluding steroid dienone is 1. The molecule has 4 N–H and O–H groups in total. The van der Waals surface area contributed by atoms with Crippen molar-refractivity contribution in [2.75, 3.05) is 0 Å². The van der Waals surface area contributed by atoms with Crippen LogP contribution in [0.5, 0.6) is 5.75 Å². The van der Waals surface area contributed by atoms with Gasteiger partial charge in [-0.3, -0.25) is 9.59 Å². The molecule has 0 spiro atoms. The molecular formula is C14H19NO4. The summed E-state index contributed by atoms with van der Waals surface area (Å²) in [4.78, 5) is 20.4. The normalized spacial score (nSPS) is 10.8. The first kappa shape index (κ1) is 16.9. The largest absolute Gasteiger partial charge is 0.508 e. The minimum absolute atomic E-state index is 0.0157. The van der Waals surface area contributed by atoms with E-state index in [1.165, 1.54) is 0 Å². The fraction of sp³-hybridized carbons (Fsp3) is 0.286. The second-order valence-corrected chi connectivity index (χ2v) is 3.96. The first-order valence-electron chi connectivity index (χ1n) is 5.73. The quantitative estimate of drug-likeness (QED) is 0.700. The molecule has 0 aliphatic heterocycles. The van der Waals surface area contributed by atoms with Crippen molar-refractivity contribution in [1.29, 1.82) is 0 Å². The van der Waals surface area contributed by atoms with Crippen LogP contribution < -0.4 is 5.73 Å². The van der Waals surface area contributed by atoms with Crippen molar-refractivity contribution < 1.29 is 19.8 Å². The van der Waals surface area contributed by atoms with Crippen molar-refractivity contribution in [3.8, 4) is 5.75 Å². The number of Topliss-reactive ketones (excluding diaryl/α,β-unsaturated/α-hetero) is 1. The van der Waals surface area contributed by atoms with Gasteiger partial charge in [0.1, 0.15) is 5.75 Å². The summed E-state index contributed by atoms with van der Waals surface area (Å²) in [5.41, 5.74) is 6.66. The van der Waals surface area contributed by atoms with Crippen molar-refractivity contribution in [2.24, 2.45) is 5.73 Å². The fourth-order valence-electron chi connectivity index (χ4n) is 1.29. The molecule has 0 radical (unpaired) electrons. The van der Waals surface area contributed by atoms with E-state index in [9.17, 15) is 4.79 Å². The average molecular weight is 265 g/mol. The molecule has 0 amide bonds. The predicted molar refractivity (Wildman–Crippen MR) is 72.9 cm³/mol. The number of phenols is 1. The van der Waals surface area contributed by atoms with E-state index in [1.54, 1.807) is 30.3 Å². The smallest absolute Gasteiger partial charge is 0.300 e. The molecule has 5 heteroatoms. The number of hydrogen-bond donors (Lipinski definition) is 3. The number of carboxylic acid groups (broad SMARTS) is 1. The van der Waals surface area contributed by atoms with Gasteiger partial charge in [-0.15, -0.1) is 6.58 Å². The summed E-state index contributed by atoms with van der Waals surface area (Å²) in [6, 6.07) is 6.19. The summed E-state index contributed by atoms with van der Waals surface area (Å²) >= 11 is 0. The second kappa shape index (κ2) is 8.88.